The Morgan fingerprint density at radius 1 is 1.19 bits per heavy atom. The second-order valence-corrected chi connectivity index (χ2v) is 6.24. The topological polar surface area (TPSA) is 88.4 Å². The summed E-state index contributed by atoms with van der Waals surface area (Å²) in [5.74, 6) is 0.653. The Bertz CT molecular complexity index is 945. The summed E-state index contributed by atoms with van der Waals surface area (Å²) >= 11 is 6.25. The molecular formula is C18H15ClN4O4. The van der Waals surface area contributed by atoms with Crippen LogP contribution in [0.15, 0.2) is 42.7 Å². The Labute approximate surface area is 159 Å². The smallest absolute Gasteiger partial charge is 0.338 e. The maximum atomic E-state index is 12.3. The van der Waals surface area contributed by atoms with Crippen molar-refractivity contribution in [2.45, 2.75) is 13.0 Å². The molecule has 0 radical (unpaired) electrons. The van der Waals surface area contributed by atoms with E-state index in [1.165, 1.54) is 11.0 Å². The lowest BCUT2D eigenvalue weighted by Gasteiger charge is -2.12. The highest BCUT2D eigenvalue weighted by Gasteiger charge is 2.16. The highest BCUT2D eigenvalue weighted by molar-refractivity contribution is 6.32. The fraction of sp³-hybridized carbons (Fsp3) is 0.222. The van der Waals surface area contributed by atoms with Crippen LogP contribution in [-0.2, 0) is 11.3 Å². The van der Waals surface area contributed by atoms with Gasteiger partial charge in [-0.2, -0.15) is 0 Å². The molecule has 138 valence electrons. The molecule has 0 unspecified atom stereocenters. The van der Waals surface area contributed by atoms with Gasteiger partial charge in [0.25, 0.3) is 0 Å². The molecule has 0 spiro atoms. The summed E-state index contributed by atoms with van der Waals surface area (Å²) in [4.78, 5) is 12.3. The molecule has 2 heterocycles. The summed E-state index contributed by atoms with van der Waals surface area (Å²) in [5, 5.41) is 11.4. The average molecular weight is 387 g/mol. The maximum absolute atomic E-state index is 12.3. The van der Waals surface area contributed by atoms with E-state index in [2.05, 4.69) is 15.5 Å². The van der Waals surface area contributed by atoms with E-state index in [4.69, 9.17) is 25.8 Å². The third kappa shape index (κ3) is 3.85. The van der Waals surface area contributed by atoms with Crippen LogP contribution in [0.25, 0.3) is 5.69 Å². The number of hydrogen-bond acceptors (Lipinski definition) is 7. The van der Waals surface area contributed by atoms with Gasteiger partial charge < -0.3 is 14.2 Å². The Morgan fingerprint density at radius 3 is 2.78 bits per heavy atom. The summed E-state index contributed by atoms with van der Waals surface area (Å²) in [7, 11) is 0. The predicted octanol–water partition coefficient (Wildman–Crippen LogP) is 2.83. The number of benzene rings is 2. The largest absolute Gasteiger partial charge is 0.489 e. The van der Waals surface area contributed by atoms with E-state index in [1.54, 1.807) is 36.4 Å². The molecule has 0 amide bonds. The van der Waals surface area contributed by atoms with Crippen molar-refractivity contribution in [3.63, 3.8) is 0 Å². The van der Waals surface area contributed by atoms with Crippen molar-refractivity contribution in [1.82, 2.24) is 20.2 Å². The van der Waals surface area contributed by atoms with E-state index in [0.29, 0.717) is 35.3 Å². The number of esters is 1. The van der Waals surface area contributed by atoms with Gasteiger partial charge in [0.15, 0.2) is 11.5 Å². The van der Waals surface area contributed by atoms with Gasteiger partial charge in [-0.05, 0) is 52.4 Å². The molecule has 0 saturated heterocycles. The normalized spacial score (nSPS) is 13.1. The minimum Gasteiger partial charge on any atom is -0.489 e. The van der Waals surface area contributed by atoms with Crippen LogP contribution in [0.4, 0.5) is 0 Å². The molecule has 0 saturated carbocycles. The van der Waals surface area contributed by atoms with E-state index in [-0.39, 0.29) is 6.61 Å². The van der Waals surface area contributed by atoms with Gasteiger partial charge in [0.2, 0.25) is 0 Å². The first-order valence-electron chi connectivity index (χ1n) is 8.29. The monoisotopic (exact) mass is 386 g/mol. The van der Waals surface area contributed by atoms with Crippen LogP contribution >= 0.6 is 11.6 Å². The van der Waals surface area contributed by atoms with Gasteiger partial charge in [-0.3, -0.25) is 0 Å². The third-order valence-electron chi connectivity index (χ3n) is 3.95. The summed E-state index contributed by atoms with van der Waals surface area (Å²) in [6.45, 7) is 1.19. The molecule has 9 heteroatoms. The van der Waals surface area contributed by atoms with Gasteiger partial charge in [0.05, 0.1) is 29.5 Å². The lowest BCUT2D eigenvalue weighted by molar-refractivity contribution is 0.0472. The minimum atomic E-state index is -0.443. The van der Waals surface area contributed by atoms with Crippen LogP contribution < -0.4 is 9.47 Å². The van der Waals surface area contributed by atoms with Crippen molar-refractivity contribution in [3.8, 4) is 17.2 Å². The van der Waals surface area contributed by atoms with Crippen molar-refractivity contribution in [1.29, 1.82) is 0 Å². The number of tetrazole rings is 1. The van der Waals surface area contributed by atoms with Crippen molar-refractivity contribution < 1.29 is 19.0 Å². The van der Waals surface area contributed by atoms with Crippen LogP contribution in [0.3, 0.4) is 0 Å². The highest BCUT2D eigenvalue weighted by atomic mass is 35.5. The number of ether oxygens (including phenoxy) is 3. The zero-order chi connectivity index (χ0) is 18.6. The van der Waals surface area contributed by atoms with Crippen LogP contribution in [0, 0.1) is 0 Å². The van der Waals surface area contributed by atoms with Gasteiger partial charge in [0, 0.05) is 6.42 Å². The van der Waals surface area contributed by atoms with Crippen molar-refractivity contribution in [2.75, 3.05) is 13.2 Å². The fourth-order valence-electron chi connectivity index (χ4n) is 2.63. The molecule has 1 aliphatic rings. The molecule has 27 heavy (non-hydrogen) atoms. The van der Waals surface area contributed by atoms with Gasteiger partial charge in [-0.15, -0.1) is 5.10 Å². The quantitative estimate of drug-likeness (QED) is 0.637. The lowest BCUT2D eigenvalue weighted by atomic mass is 10.2. The first-order valence-corrected chi connectivity index (χ1v) is 8.67. The van der Waals surface area contributed by atoms with Crippen LogP contribution in [0.2, 0.25) is 5.02 Å². The van der Waals surface area contributed by atoms with Crippen molar-refractivity contribution >= 4 is 17.6 Å². The first-order chi connectivity index (χ1) is 13.2. The van der Waals surface area contributed by atoms with Crippen LogP contribution in [0.5, 0.6) is 11.5 Å². The second-order valence-electron chi connectivity index (χ2n) is 5.83. The number of fused-ring (bicyclic) bond motifs is 1. The SMILES string of the molecule is O=C(OCc1cc(Cl)c2c(c1)OCCCO2)c1ccc(-n2cnnn2)cc1. The molecule has 3 aromatic rings. The average Bonchev–Trinajstić information content (AvgIpc) is 3.12. The van der Waals surface area contributed by atoms with Gasteiger partial charge in [-0.1, -0.05) is 11.6 Å². The summed E-state index contributed by atoms with van der Waals surface area (Å²) in [6.07, 6.45) is 2.26. The first kappa shape index (κ1) is 17.3. The van der Waals surface area contributed by atoms with E-state index in [9.17, 15) is 4.79 Å². The Balaban J connectivity index is 1.43. The minimum absolute atomic E-state index is 0.0734. The maximum Gasteiger partial charge on any atom is 0.338 e. The summed E-state index contributed by atoms with van der Waals surface area (Å²) in [6, 6.07) is 10.3. The molecule has 2 aromatic carbocycles. The molecule has 1 aromatic heterocycles. The molecule has 0 fully saturated rings. The molecule has 4 rings (SSSR count). The molecule has 0 aliphatic carbocycles. The molecule has 0 bridgehead atoms. The number of carbonyl (C=O) groups is 1. The van der Waals surface area contributed by atoms with E-state index >= 15 is 0 Å². The van der Waals surface area contributed by atoms with Gasteiger partial charge in [0.1, 0.15) is 12.9 Å². The molecule has 0 N–H and O–H groups in total. The number of rotatable bonds is 4. The molecular weight excluding hydrogens is 372 g/mol. The van der Waals surface area contributed by atoms with Gasteiger partial charge >= 0.3 is 5.97 Å². The molecule has 0 atom stereocenters. The highest BCUT2D eigenvalue weighted by Crippen LogP contribution is 2.38. The zero-order valence-electron chi connectivity index (χ0n) is 14.2. The fourth-order valence-corrected chi connectivity index (χ4v) is 2.92. The second kappa shape index (κ2) is 7.63. The molecule has 1 aliphatic heterocycles. The van der Waals surface area contributed by atoms with Gasteiger partial charge in [-0.25, -0.2) is 9.48 Å². The lowest BCUT2D eigenvalue weighted by Crippen LogP contribution is -2.06. The zero-order valence-corrected chi connectivity index (χ0v) is 14.9. The third-order valence-corrected chi connectivity index (χ3v) is 4.23. The van der Waals surface area contributed by atoms with E-state index in [1.807, 2.05) is 0 Å². The van der Waals surface area contributed by atoms with E-state index < -0.39 is 5.97 Å². The van der Waals surface area contributed by atoms with Crippen molar-refractivity contribution in [3.05, 3.63) is 58.9 Å². The summed E-state index contributed by atoms with van der Waals surface area (Å²) < 4.78 is 18.1. The van der Waals surface area contributed by atoms with Crippen LogP contribution in [0.1, 0.15) is 22.3 Å². The van der Waals surface area contributed by atoms with Crippen molar-refractivity contribution in [2.24, 2.45) is 0 Å². The Hall–Kier alpha value is -3.13. The number of carbonyl (C=O) groups excluding carboxylic acids is 1. The number of aromatic nitrogens is 4. The number of hydrogen-bond donors (Lipinski definition) is 0. The standard InChI is InChI=1S/C18H15ClN4O4/c19-15-8-12(9-16-17(15)26-7-1-6-25-16)10-27-18(24)13-2-4-14(5-3-13)23-11-20-21-22-23/h2-5,8-9,11H,1,6-7,10H2. The summed E-state index contributed by atoms with van der Waals surface area (Å²) in [5.41, 5.74) is 1.89. The predicted molar refractivity (Wildman–Crippen MR) is 95.3 cm³/mol. The Morgan fingerprint density at radius 2 is 2.00 bits per heavy atom. The van der Waals surface area contributed by atoms with Crippen LogP contribution in [-0.4, -0.2) is 39.4 Å². The number of halogens is 1. The number of nitrogens with zero attached hydrogens (tertiary/aromatic N) is 4. The molecule has 8 nitrogen and oxygen atoms in total. The van der Waals surface area contributed by atoms with E-state index in [0.717, 1.165) is 17.7 Å². The Kier molecular flexibility index (Phi) is 4.88.